The van der Waals surface area contributed by atoms with Crippen LogP contribution >= 0.6 is 0 Å². The maximum Gasteiger partial charge on any atom is 0.0766 e. The first-order valence-corrected chi connectivity index (χ1v) is 7.66. The summed E-state index contributed by atoms with van der Waals surface area (Å²) >= 11 is 0. The van der Waals surface area contributed by atoms with Gasteiger partial charge < -0.3 is 9.47 Å². The van der Waals surface area contributed by atoms with E-state index in [1.165, 1.54) is 51.6 Å². The molecule has 0 saturated carbocycles. The topological polar surface area (TPSA) is 24.9 Å². The van der Waals surface area contributed by atoms with E-state index in [9.17, 15) is 0 Å². The number of rotatable bonds is 2. The van der Waals surface area contributed by atoms with Gasteiger partial charge in [-0.3, -0.25) is 0 Å². The Balaban J connectivity index is 1.64. The Morgan fingerprint density at radius 2 is 1.72 bits per heavy atom. The van der Waals surface area contributed by atoms with Crippen LogP contribution in [-0.4, -0.2) is 61.6 Å². The van der Waals surface area contributed by atoms with E-state index < -0.39 is 0 Å². The second-order valence-electron chi connectivity index (χ2n) is 5.72. The lowest BCUT2D eigenvalue weighted by Crippen LogP contribution is -2.60. The first-order chi connectivity index (χ1) is 8.95. The fourth-order valence-corrected chi connectivity index (χ4v) is 3.47. The Bertz CT molecular complexity index is 224. The van der Waals surface area contributed by atoms with E-state index in [4.69, 9.17) is 9.47 Å². The van der Waals surface area contributed by atoms with Crippen molar-refractivity contribution in [3.8, 4) is 0 Å². The quantitative estimate of drug-likeness (QED) is 0.748. The molecule has 2 unspecified atom stereocenters. The molecule has 3 saturated heterocycles. The van der Waals surface area contributed by atoms with Crippen molar-refractivity contribution in [1.29, 1.82) is 0 Å². The number of hydrogen-bond acceptors (Lipinski definition) is 4. The molecular weight excluding hydrogens is 228 g/mol. The normalized spacial score (nSPS) is 36.7. The number of morpholine rings is 1. The molecule has 0 aromatic rings. The second-order valence-corrected chi connectivity index (χ2v) is 5.72. The molecule has 0 spiro atoms. The monoisotopic (exact) mass is 254 g/mol. The molecule has 0 amide bonds. The summed E-state index contributed by atoms with van der Waals surface area (Å²) in [5.74, 6) is 0. The molecule has 0 bridgehead atoms. The van der Waals surface area contributed by atoms with Crippen LogP contribution in [0.3, 0.4) is 0 Å². The molecule has 0 aromatic carbocycles. The number of hydrazine groups is 1. The molecule has 3 rings (SSSR count). The fourth-order valence-electron chi connectivity index (χ4n) is 3.47. The van der Waals surface area contributed by atoms with Crippen molar-refractivity contribution < 1.29 is 9.47 Å². The van der Waals surface area contributed by atoms with Crippen LogP contribution in [0.4, 0.5) is 0 Å². The van der Waals surface area contributed by atoms with E-state index in [0.29, 0.717) is 12.1 Å². The van der Waals surface area contributed by atoms with Gasteiger partial charge in [0.25, 0.3) is 0 Å². The van der Waals surface area contributed by atoms with Crippen molar-refractivity contribution in [2.24, 2.45) is 0 Å². The third-order valence-corrected chi connectivity index (χ3v) is 4.48. The number of hydrogen-bond donors (Lipinski definition) is 0. The minimum Gasteiger partial charge on any atom is -0.378 e. The van der Waals surface area contributed by atoms with Crippen LogP contribution in [0, 0.1) is 0 Å². The SMILES string of the molecule is C1CCN(N2CCOCC2C2CCCCO2)CC1. The van der Waals surface area contributed by atoms with Gasteiger partial charge in [0.05, 0.1) is 25.4 Å². The van der Waals surface area contributed by atoms with Crippen LogP contribution < -0.4 is 0 Å². The van der Waals surface area contributed by atoms with Crippen molar-refractivity contribution in [3.63, 3.8) is 0 Å². The molecule has 0 aromatic heterocycles. The van der Waals surface area contributed by atoms with Crippen molar-refractivity contribution in [1.82, 2.24) is 10.0 Å². The van der Waals surface area contributed by atoms with Crippen LogP contribution in [0.2, 0.25) is 0 Å². The Hall–Kier alpha value is -0.160. The van der Waals surface area contributed by atoms with Crippen LogP contribution in [-0.2, 0) is 9.47 Å². The first kappa shape index (κ1) is 12.9. The van der Waals surface area contributed by atoms with Gasteiger partial charge in [0, 0.05) is 26.2 Å². The molecule has 2 atom stereocenters. The van der Waals surface area contributed by atoms with E-state index in [0.717, 1.165) is 26.4 Å². The predicted molar refractivity (Wildman–Crippen MR) is 70.3 cm³/mol. The minimum atomic E-state index is 0.390. The third kappa shape index (κ3) is 2.87. The van der Waals surface area contributed by atoms with E-state index in [1.54, 1.807) is 0 Å². The number of piperidine rings is 1. The van der Waals surface area contributed by atoms with Gasteiger partial charge in [0.15, 0.2) is 0 Å². The largest absolute Gasteiger partial charge is 0.378 e. The van der Waals surface area contributed by atoms with Gasteiger partial charge >= 0.3 is 0 Å². The molecule has 0 N–H and O–H groups in total. The van der Waals surface area contributed by atoms with E-state index >= 15 is 0 Å². The summed E-state index contributed by atoms with van der Waals surface area (Å²) in [5, 5.41) is 5.13. The number of ether oxygens (including phenoxy) is 2. The summed E-state index contributed by atoms with van der Waals surface area (Å²) in [6, 6.07) is 0.456. The number of nitrogens with zero attached hydrogens (tertiary/aromatic N) is 2. The van der Waals surface area contributed by atoms with E-state index in [1.807, 2.05) is 0 Å². The lowest BCUT2D eigenvalue weighted by molar-refractivity contribution is -0.178. The lowest BCUT2D eigenvalue weighted by atomic mass is 10.0. The maximum absolute atomic E-state index is 5.99. The predicted octanol–water partition coefficient (Wildman–Crippen LogP) is 1.66. The highest BCUT2D eigenvalue weighted by Crippen LogP contribution is 2.24. The zero-order valence-corrected chi connectivity index (χ0v) is 11.4. The smallest absolute Gasteiger partial charge is 0.0766 e. The van der Waals surface area contributed by atoms with Gasteiger partial charge in [0.2, 0.25) is 0 Å². The van der Waals surface area contributed by atoms with Crippen LogP contribution in [0.15, 0.2) is 0 Å². The molecule has 0 radical (unpaired) electrons. The lowest BCUT2D eigenvalue weighted by Gasteiger charge is -2.47. The molecule has 104 valence electrons. The van der Waals surface area contributed by atoms with Crippen molar-refractivity contribution >= 4 is 0 Å². The molecule has 4 heteroatoms. The van der Waals surface area contributed by atoms with Crippen molar-refractivity contribution in [3.05, 3.63) is 0 Å². The molecule has 4 nitrogen and oxygen atoms in total. The van der Waals surface area contributed by atoms with Gasteiger partial charge in [-0.15, -0.1) is 0 Å². The van der Waals surface area contributed by atoms with Gasteiger partial charge in [-0.25, -0.2) is 10.0 Å². The van der Waals surface area contributed by atoms with Gasteiger partial charge in [-0.2, -0.15) is 0 Å². The molecule has 3 heterocycles. The summed E-state index contributed by atoms with van der Waals surface area (Å²) in [4.78, 5) is 0. The zero-order chi connectivity index (χ0) is 12.2. The molecule has 3 fully saturated rings. The van der Waals surface area contributed by atoms with Gasteiger partial charge in [-0.05, 0) is 32.1 Å². The summed E-state index contributed by atoms with van der Waals surface area (Å²) < 4.78 is 11.7. The van der Waals surface area contributed by atoms with Crippen molar-refractivity contribution in [2.45, 2.75) is 50.7 Å². The summed E-state index contributed by atoms with van der Waals surface area (Å²) in [6.45, 7) is 6.16. The Kier molecular flexibility index (Phi) is 4.52. The van der Waals surface area contributed by atoms with Crippen LogP contribution in [0.25, 0.3) is 0 Å². The maximum atomic E-state index is 5.99. The molecule has 3 aliphatic rings. The van der Waals surface area contributed by atoms with E-state index in [2.05, 4.69) is 10.0 Å². The van der Waals surface area contributed by atoms with Gasteiger partial charge in [-0.1, -0.05) is 6.42 Å². The summed E-state index contributed by atoms with van der Waals surface area (Å²) in [6.07, 6.45) is 8.22. The Morgan fingerprint density at radius 1 is 0.833 bits per heavy atom. The highest BCUT2D eigenvalue weighted by atomic mass is 16.5. The average Bonchev–Trinajstić information content (AvgIpc) is 2.49. The average molecular weight is 254 g/mol. The fraction of sp³-hybridized carbons (Fsp3) is 1.00. The molecular formula is C14H26N2O2. The van der Waals surface area contributed by atoms with Crippen LogP contribution in [0.1, 0.15) is 38.5 Å². The molecule has 3 aliphatic heterocycles. The summed E-state index contributed by atoms with van der Waals surface area (Å²) in [7, 11) is 0. The zero-order valence-electron chi connectivity index (χ0n) is 11.4. The van der Waals surface area contributed by atoms with Gasteiger partial charge in [0.1, 0.15) is 0 Å². The highest BCUT2D eigenvalue weighted by Gasteiger charge is 2.35. The highest BCUT2D eigenvalue weighted by molar-refractivity contribution is 4.84. The standard InChI is InChI=1S/C14H26N2O2/c1-3-7-15(8-4-1)16-9-11-17-12-13(16)14-6-2-5-10-18-14/h13-14H,1-12H2. The third-order valence-electron chi connectivity index (χ3n) is 4.48. The minimum absolute atomic E-state index is 0.390. The second kappa shape index (κ2) is 6.33. The Morgan fingerprint density at radius 3 is 2.50 bits per heavy atom. The summed E-state index contributed by atoms with van der Waals surface area (Å²) in [5.41, 5.74) is 0. The van der Waals surface area contributed by atoms with E-state index in [-0.39, 0.29) is 0 Å². The first-order valence-electron chi connectivity index (χ1n) is 7.66. The Labute approximate surface area is 110 Å². The molecule has 0 aliphatic carbocycles. The van der Waals surface area contributed by atoms with Crippen LogP contribution in [0.5, 0.6) is 0 Å². The van der Waals surface area contributed by atoms with Crippen molar-refractivity contribution in [2.75, 3.05) is 39.5 Å². The molecule has 18 heavy (non-hydrogen) atoms.